The number of halogens is 5. The summed E-state index contributed by atoms with van der Waals surface area (Å²) in [5.41, 5.74) is -0.129. The van der Waals surface area contributed by atoms with Crippen molar-refractivity contribution in [2.75, 3.05) is 10.6 Å². The molecule has 37 heavy (non-hydrogen) atoms. The number of anilines is 2. The summed E-state index contributed by atoms with van der Waals surface area (Å²) >= 11 is 0. The molecule has 200 valence electrons. The van der Waals surface area contributed by atoms with E-state index in [0.29, 0.717) is 24.8 Å². The second kappa shape index (κ2) is 10.3. The highest BCUT2D eigenvalue weighted by Gasteiger charge is 2.43. The van der Waals surface area contributed by atoms with Crippen molar-refractivity contribution >= 4 is 28.9 Å². The predicted octanol–water partition coefficient (Wildman–Crippen LogP) is 5.13. The smallest absolute Gasteiger partial charge is 0.454 e. The van der Waals surface area contributed by atoms with Gasteiger partial charge in [0, 0.05) is 12.2 Å². The van der Waals surface area contributed by atoms with E-state index in [1.165, 1.54) is 21.5 Å². The number of hydrogen-bond donors (Lipinski definition) is 2. The van der Waals surface area contributed by atoms with Gasteiger partial charge in [0.1, 0.15) is 17.6 Å². The Kier molecular flexibility index (Phi) is 7.37. The molecule has 0 radical (unpaired) electrons. The van der Waals surface area contributed by atoms with Crippen molar-refractivity contribution in [3.05, 3.63) is 41.9 Å². The molecule has 0 aliphatic heterocycles. The molecule has 14 heteroatoms. The van der Waals surface area contributed by atoms with Crippen molar-refractivity contribution in [1.29, 1.82) is 0 Å². The number of aromatic nitrogens is 4. The van der Waals surface area contributed by atoms with Crippen molar-refractivity contribution in [2.24, 2.45) is 0 Å². The number of fused-ring (bicyclic) bond motifs is 1. The molecule has 4 rings (SSSR count). The molecule has 3 aromatic rings. The lowest BCUT2D eigenvalue weighted by atomic mass is 9.92. The minimum atomic E-state index is -5.09. The van der Waals surface area contributed by atoms with Gasteiger partial charge in [0.05, 0.1) is 17.2 Å². The Balaban J connectivity index is 1.55. The molecule has 2 atom stereocenters. The Morgan fingerprint density at radius 2 is 1.78 bits per heavy atom. The van der Waals surface area contributed by atoms with E-state index < -0.39 is 42.3 Å². The van der Waals surface area contributed by atoms with Crippen LogP contribution in [0.3, 0.4) is 0 Å². The first kappa shape index (κ1) is 26.4. The van der Waals surface area contributed by atoms with Crippen LogP contribution in [0.25, 0.3) is 5.52 Å². The fraction of sp³-hybridized carbons (Fsp3) is 0.478. The van der Waals surface area contributed by atoms with Gasteiger partial charge in [0.15, 0.2) is 5.69 Å². The molecule has 0 bridgehead atoms. The molecule has 0 spiro atoms. The minimum Gasteiger partial charge on any atom is -0.454 e. The third-order valence-electron chi connectivity index (χ3n) is 6.01. The van der Waals surface area contributed by atoms with Gasteiger partial charge in [0.2, 0.25) is 0 Å². The Labute approximate surface area is 208 Å². The fourth-order valence-electron chi connectivity index (χ4n) is 4.15. The average molecular weight is 528 g/mol. The van der Waals surface area contributed by atoms with Gasteiger partial charge in [-0.25, -0.2) is 18.1 Å². The normalized spacial score (nSPS) is 18.4. The molecule has 9 nitrogen and oxygen atoms in total. The molecule has 0 unspecified atom stereocenters. The lowest BCUT2D eigenvalue weighted by Gasteiger charge is -2.32. The maximum absolute atomic E-state index is 13.5. The molecule has 1 aliphatic carbocycles. The number of rotatable bonds is 7. The van der Waals surface area contributed by atoms with Crippen molar-refractivity contribution in [3.63, 3.8) is 0 Å². The minimum absolute atomic E-state index is 0.0415. The molecule has 3 aromatic heterocycles. The molecular weight excluding hydrogens is 503 g/mol. The zero-order valence-electron chi connectivity index (χ0n) is 19.9. The van der Waals surface area contributed by atoms with Gasteiger partial charge >= 0.3 is 12.1 Å². The zero-order chi connectivity index (χ0) is 26.9. The predicted molar refractivity (Wildman–Crippen MR) is 123 cm³/mol. The van der Waals surface area contributed by atoms with E-state index in [1.54, 1.807) is 32.0 Å². The number of nitrogens with zero attached hydrogens (tertiary/aromatic N) is 4. The van der Waals surface area contributed by atoms with E-state index in [2.05, 4.69) is 20.8 Å². The zero-order valence-corrected chi connectivity index (χ0v) is 19.9. The van der Waals surface area contributed by atoms with Gasteiger partial charge in [-0.3, -0.25) is 9.48 Å². The van der Waals surface area contributed by atoms with Crippen LogP contribution in [-0.2, 0) is 9.53 Å². The first-order chi connectivity index (χ1) is 17.4. The maximum atomic E-state index is 13.5. The van der Waals surface area contributed by atoms with Crippen molar-refractivity contribution in [2.45, 2.75) is 70.3 Å². The first-order valence-corrected chi connectivity index (χ1v) is 11.7. The van der Waals surface area contributed by atoms with Crippen LogP contribution in [0.2, 0.25) is 0 Å². The number of ether oxygens (including phenoxy) is 1. The Morgan fingerprint density at radius 3 is 2.46 bits per heavy atom. The van der Waals surface area contributed by atoms with Crippen molar-refractivity contribution in [1.82, 2.24) is 19.4 Å². The summed E-state index contributed by atoms with van der Waals surface area (Å²) in [4.78, 5) is 24.3. The second-order valence-corrected chi connectivity index (χ2v) is 9.01. The lowest BCUT2D eigenvalue weighted by molar-refractivity contribution is -0.206. The summed E-state index contributed by atoms with van der Waals surface area (Å²) in [5, 5.41) is 13.7. The van der Waals surface area contributed by atoms with E-state index in [0.717, 1.165) is 0 Å². The molecule has 1 amide bonds. The van der Waals surface area contributed by atoms with Crippen LogP contribution in [0.5, 0.6) is 0 Å². The van der Waals surface area contributed by atoms with Gasteiger partial charge in [-0.1, -0.05) is 6.42 Å². The average Bonchev–Trinajstić information content (AvgIpc) is 3.44. The number of esters is 1. The van der Waals surface area contributed by atoms with Gasteiger partial charge in [0.25, 0.3) is 12.3 Å². The lowest BCUT2D eigenvalue weighted by Crippen LogP contribution is -2.42. The van der Waals surface area contributed by atoms with Gasteiger partial charge < -0.3 is 15.4 Å². The van der Waals surface area contributed by atoms with Crippen LogP contribution in [0.4, 0.5) is 33.5 Å². The third-order valence-corrected chi connectivity index (χ3v) is 6.01. The summed E-state index contributed by atoms with van der Waals surface area (Å²) in [5.74, 6) is -2.72. The number of alkyl halides is 5. The topological polar surface area (TPSA) is 103 Å². The Hall–Kier alpha value is -3.71. The van der Waals surface area contributed by atoms with E-state index in [9.17, 15) is 31.5 Å². The van der Waals surface area contributed by atoms with Gasteiger partial charge in [-0.05, 0) is 57.4 Å². The Morgan fingerprint density at radius 1 is 1.08 bits per heavy atom. The quantitative estimate of drug-likeness (QED) is 0.326. The van der Waals surface area contributed by atoms with Crippen LogP contribution in [0, 0.1) is 0 Å². The number of amides is 1. The SMILES string of the molecule is CC(C)n1cc(NC(=O)c2ccc3ccc(N[C@@H]4CCCC[C@@H]4OC(=O)C(F)(F)F)nn23)c(C(F)F)n1. The molecule has 1 saturated carbocycles. The maximum Gasteiger partial charge on any atom is 0.490 e. The van der Waals surface area contributed by atoms with Crippen LogP contribution in [0.1, 0.15) is 68.2 Å². The highest BCUT2D eigenvalue weighted by Crippen LogP contribution is 2.29. The van der Waals surface area contributed by atoms with E-state index >= 15 is 0 Å². The summed E-state index contributed by atoms with van der Waals surface area (Å²) in [6, 6.07) is 5.46. The van der Waals surface area contributed by atoms with E-state index in [4.69, 9.17) is 4.74 Å². The number of carbonyl (C=O) groups is 2. The largest absolute Gasteiger partial charge is 0.490 e. The fourth-order valence-corrected chi connectivity index (χ4v) is 4.15. The highest BCUT2D eigenvalue weighted by atomic mass is 19.4. The van der Waals surface area contributed by atoms with E-state index in [-0.39, 0.29) is 29.7 Å². The summed E-state index contributed by atoms with van der Waals surface area (Å²) in [7, 11) is 0. The molecule has 1 fully saturated rings. The molecule has 1 aliphatic rings. The Bertz CT molecular complexity index is 1290. The van der Waals surface area contributed by atoms with Gasteiger partial charge in [-0.15, -0.1) is 5.10 Å². The molecule has 2 N–H and O–H groups in total. The summed E-state index contributed by atoms with van der Waals surface area (Å²) in [6.45, 7) is 3.52. The number of carbonyl (C=O) groups excluding carboxylic acids is 2. The van der Waals surface area contributed by atoms with Crippen LogP contribution >= 0.6 is 0 Å². The molecule has 3 heterocycles. The van der Waals surface area contributed by atoms with Crippen LogP contribution < -0.4 is 10.6 Å². The van der Waals surface area contributed by atoms with Crippen LogP contribution in [-0.4, -0.2) is 49.6 Å². The standard InChI is InChI=1S/C23H25F5N6O3/c1-12(2)33-11-15(19(32-33)20(24)25)30-21(35)16-9-7-13-8-10-18(31-34(13)16)29-14-5-3-4-6-17(14)37-22(36)23(26,27)28/h7-12,14,17,20H,3-6H2,1-2H3,(H,29,31)(H,30,35)/t14-,17+/m1/s1. The third kappa shape index (κ3) is 5.83. The molecular formula is C23H25F5N6O3. The molecule has 0 aromatic carbocycles. The molecule has 0 saturated heterocycles. The number of nitrogens with one attached hydrogen (secondary N) is 2. The van der Waals surface area contributed by atoms with Gasteiger partial charge in [-0.2, -0.15) is 18.3 Å². The van der Waals surface area contributed by atoms with Crippen molar-refractivity contribution in [3.8, 4) is 0 Å². The van der Waals surface area contributed by atoms with Crippen LogP contribution in [0.15, 0.2) is 30.5 Å². The van der Waals surface area contributed by atoms with E-state index in [1.807, 2.05) is 0 Å². The highest BCUT2D eigenvalue weighted by molar-refractivity contribution is 6.04. The summed E-state index contributed by atoms with van der Waals surface area (Å²) < 4.78 is 72.3. The van der Waals surface area contributed by atoms with Crippen molar-refractivity contribution < 1.29 is 36.3 Å². The monoisotopic (exact) mass is 528 g/mol. The second-order valence-electron chi connectivity index (χ2n) is 9.01. The number of hydrogen-bond acceptors (Lipinski definition) is 6. The summed E-state index contributed by atoms with van der Waals surface area (Å²) in [6.07, 6.45) is -5.64. The first-order valence-electron chi connectivity index (χ1n) is 11.7.